The van der Waals surface area contributed by atoms with Gasteiger partial charge in [0.05, 0.1) is 31.4 Å². The van der Waals surface area contributed by atoms with Gasteiger partial charge in [0.1, 0.15) is 11.5 Å². The van der Waals surface area contributed by atoms with E-state index < -0.39 is 0 Å². The fraction of sp³-hybridized carbons (Fsp3) is 0.158. The van der Waals surface area contributed by atoms with Gasteiger partial charge in [0.25, 0.3) is 0 Å². The lowest BCUT2D eigenvalue weighted by molar-refractivity contribution is -0.118. The molecule has 0 spiro atoms. The Kier molecular flexibility index (Phi) is 5.24. The number of hydrogen-bond acceptors (Lipinski definition) is 7. The highest BCUT2D eigenvalue weighted by molar-refractivity contribution is 7.99. The summed E-state index contributed by atoms with van der Waals surface area (Å²) in [6, 6.07) is 15.0. The molecule has 0 saturated heterocycles. The summed E-state index contributed by atoms with van der Waals surface area (Å²) in [4.78, 5) is 12.1. The van der Waals surface area contributed by atoms with E-state index in [1.807, 2.05) is 42.5 Å². The van der Waals surface area contributed by atoms with Crippen molar-refractivity contribution in [3.8, 4) is 17.0 Å². The van der Waals surface area contributed by atoms with Gasteiger partial charge in [-0.2, -0.15) is 9.61 Å². The highest BCUT2D eigenvalue weighted by atomic mass is 32.2. The Bertz CT molecular complexity index is 1080. The SMILES string of the molecule is COc1ccc(-c2ccc3nnc(SCC(=O)NCc4ccco4)n3n2)cc1. The van der Waals surface area contributed by atoms with E-state index in [1.54, 1.807) is 24.0 Å². The Morgan fingerprint density at radius 1 is 1.18 bits per heavy atom. The van der Waals surface area contributed by atoms with Crippen molar-refractivity contribution >= 4 is 23.3 Å². The number of hydrogen-bond donors (Lipinski definition) is 1. The number of nitrogens with zero attached hydrogens (tertiary/aromatic N) is 4. The van der Waals surface area contributed by atoms with Gasteiger partial charge in [0, 0.05) is 5.56 Å². The number of rotatable bonds is 7. The fourth-order valence-corrected chi connectivity index (χ4v) is 3.27. The number of thioether (sulfide) groups is 1. The number of carbonyl (C=O) groups is 1. The van der Waals surface area contributed by atoms with Crippen LogP contribution in [0.25, 0.3) is 16.9 Å². The van der Waals surface area contributed by atoms with Gasteiger partial charge in [0.15, 0.2) is 5.65 Å². The minimum Gasteiger partial charge on any atom is -0.497 e. The van der Waals surface area contributed by atoms with Crippen LogP contribution in [0.4, 0.5) is 0 Å². The molecule has 0 aliphatic heterocycles. The van der Waals surface area contributed by atoms with Crippen LogP contribution in [0.1, 0.15) is 5.76 Å². The summed E-state index contributed by atoms with van der Waals surface area (Å²) in [6.45, 7) is 0.354. The highest BCUT2D eigenvalue weighted by Crippen LogP contribution is 2.22. The molecule has 28 heavy (non-hydrogen) atoms. The molecule has 1 aromatic carbocycles. The topological polar surface area (TPSA) is 94.5 Å². The lowest BCUT2D eigenvalue weighted by atomic mass is 10.1. The molecule has 4 aromatic rings. The van der Waals surface area contributed by atoms with Crippen LogP contribution in [0.15, 0.2) is 64.4 Å². The van der Waals surface area contributed by atoms with Gasteiger partial charge in [-0.05, 0) is 48.5 Å². The van der Waals surface area contributed by atoms with Crippen LogP contribution < -0.4 is 10.1 Å². The van der Waals surface area contributed by atoms with Crippen molar-refractivity contribution in [3.05, 3.63) is 60.6 Å². The molecular formula is C19H17N5O3S. The maximum atomic E-state index is 12.1. The molecule has 0 aliphatic rings. The molecule has 1 amide bonds. The third kappa shape index (κ3) is 3.99. The van der Waals surface area contributed by atoms with Gasteiger partial charge < -0.3 is 14.5 Å². The van der Waals surface area contributed by atoms with Crippen molar-refractivity contribution in [2.45, 2.75) is 11.7 Å². The number of methoxy groups -OCH3 is 1. The quantitative estimate of drug-likeness (QED) is 0.481. The van der Waals surface area contributed by atoms with E-state index in [-0.39, 0.29) is 11.7 Å². The van der Waals surface area contributed by atoms with Crippen LogP contribution in [0.5, 0.6) is 5.75 Å². The molecule has 0 fully saturated rings. The Balaban J connectivity index is 1.45. The summed E-state index contributed by atoms with van der Waals surface area (Å²) in [7, 11) is 1.63. The van der Waals surface area contributed by atoms with E-state index in [2.05, 4.69) is 20.6 Å². The van der Waals surface area contributed by atoms with Crippen molar-refractivity contribution in [2.24, 2.45) is 0 Å². The summed E-state index contributed by atoms with van der Waals surface area (Å²) < 4.78 is 12.0. The Hall–Kier alpha value is -3.33. The first-order chi connectivity index (χ1) is 13.7. The van der Waals surface area contributed by atoms with E-state index in [1.165, 1.54) is 11.8 Å². The number of furan rings is 1. The molecule has 9 heteroatoms. The van der Waals surface area contributed by atoms with Crippen LogP contribution in [0.3, 0.4) is 0 Å². The van der Waals surface area contributed by atoms with Gasteiger partial charge in [-0.25, -0.2) is 0 Å². The molecule has 4 rings (SSSR count). The zero-order valence-corrected chi connectivity index (χ0v) is 15.8. The minimum atomic E-state index is -0.121. The van der Waals surface area contributed by atoms with Crippen molar-refractivity contribution in [1.29, 1.82) is 0 Å². The molecule has 0 atom stereocenters. The molecule has 1 N–H and O–H groups in total. The third-order valence-corrected chi connectivity index (χ3v) is 4.91. The monoisotopic (exact) mass is 395 g/mol. The van der Waals surface area contributed by atoms with Gasteiger partial charge in [-0.1, -0.05) is 11.8 Å². The number of aromatic nitrogens is 4. The van der Waals surface area contributed by atoms with E-state index in [0.717, 1.165) is 17.0 Å². The maximum absolute atomic E-state index is 12.1. The second kappa shape index (κ2) is 8.13. The molecule has 3 aromatic heterocycles. The lowest BCUT2D eigenvalue weighted by Crippen LogP contribution is -2.24. The van der Waals surface area contributed by atoms with Crippen LogP contribution in [0, 0.1) is 0 Å². The van der Waals surface area contributed by atoms with Crippen LogP contribution >= 0.6 is 11.8 Å². The zero-order valence-electron chi connectivity index (χ0n) is 15.0. The van der Waals surface area contributed by atoms with Gasteiger partial charge in [-0.3, -0.25) is 4.79 Å². The first kappa shape index (κ1) is 18.1. The number of ether oxygens (including phenoxy) is 1. The molecule has 0 aliphatic carbocycles. The number of amides is 1. The molecule has 142 valence electrons. The smallest absolute Gasteiger partial charge is 0.230 e. The summed E-state index contributed by atoms with van der Waals surface area (Å²) in [5.41, 5.74) is 2.35. The second-order valence-electron chi connectivity index (χ2n) is 5.84. The van der Waals surface area contributed by atoms with Crippen LogP contribution in [-0.2, 0) is 11.3 Å². The first-order valence-electron chi connectivity index (χ1n) is 8.52. The molecule has 0 saturated carbocycles. The summed E-state index contributed by atoms with van der Waals surface area (Å²) in [5, 5.41) is 16.2. The third-order valence-electron chi connectivity index (χ3n) is 3.99. The molecule has 8 nitrogen and oxygen atoms in total. The van der Waals surface area contributed by atoms with Crippen LogP contribution in [-0.4, -0.2) is 38.6 Å². The molecule has 0 unspecified atom stereocenters. The molecule has 0 radical (unpaired) electrons. The van der Waals surface area contributed by atoms with E-state index >= 15 is 0 Å². The maximum Gasteiger partial charge on any atom is 0.230 e. The second-order valence-corrected chi connectivity index (χ2v) is 6.79. The standard InChI is InChI=1S/C19H17N5O3S/c1-26-14-6-4-13(5-7-14)16-8-9-17-21-22-19(24(17)23-16)28-12-18(25)20-11-15-3-2-10-27-15/h2-10H,11-12H2,1H3,(H,20,25). The van der Waals surface area contributed by atoms with E-state index in [0.29, 0.717) is 23.1 Å². The van der Waals surface area contributed by atoms with Gasteiger partial charge in [-0.15, -0.1) is 10.2 Å². The number of fused-ring (bicyclic) bond motifs is 1. The minimum absolute atomic E-state index is 0.121. The van der Waals surface area contributed by atoms with E-state index in [4.69, 9.17) is 9.15 Å². The van der Waals surface area contributed by atoms with E-state index in [9.17, 15) is 4.79 Å². The zero-order chi connectivity index (χ0) is 19.3. The Morgan fingerprint density at radius 2 is 2.04 bits per heavy atom. The number of nitrogens with one attached hydrogen (secondary N) is 1. The van der Waals surface area contributed by atoms with Crippen molar-refractivity contribution in [3.63, 3.8) is 0 Å². The normalized spacial score (nSPS) is 10.9. The summed E-state index contributed by atoms with van der Waals surface area (Å²) >= 11 is 1.28. The van der Waals surface area contributed by atoms with Crippen molar-refractivity contribution in [1.82, 2.24) is 25.1 Å². The number of benzene rings is 1. The predicted molar refractivity (Wildman–Crippen MR) is 104 cm³/mol. The highest BCUT2D eigenvalue weighted by Gasteiger charge is 2.12. The fourth-order valence-electron chi connectivity index (χ4n) is 2.55. The van der Waals surface area contributed by atoms with Crippen molar-refractivity contribution in [2.75, 3.05) is 12.9 Å². The van der Waals surface area contributed by atoms with Crippen molar-refractivity contribution < 1.29 is 13.9 Å². The predicted octanol–water partition coefficient (Wildman–Crippen LogP) is 2.80. The molecule has 3 heterocycles. The average Bonchev–Trinajstić information content (AvgIpc) is 3.40. The molecule has 0 bridgehead atoms. The molecular weight excluding hydrogens is 378 g/mol. The summed E-state index contributed by atoms with van der Waals surface area (Å²) in [6.07, 6.45) is 1.57. The Labute approximate surface area is 164 Å². The lowest BCUT2D eigenvalue weighted by Gasteiger charge is -2.05. The number of carbonyl (C=O) groups excluding carboxylic acids is 1. The average molecular weight is 395 g/mol. The Morgan fingerprint density at radius 3 is 2.79 bits per heavy atom. The van der Waals surface area contributed by atoms with Gasteiger partial charge in [0.2, 0.25) is 11.1 Å². The largest absolute Gasteiger partial charge is 0.497 e. The first-order valence-corrected chi connectivity index (χ1v) is 9.50. The van der Waals surface area contributed by atoms with Gasteiger partial charge >= 0.3 is 0 Å². The van der Waals surface area contributed by atoms with Crippen LogP contribution in [0.2, 0.25) is 0 Å². The summed E-state index contributed by atoms with van der Waals surface area (Å²) in [5.74, 6) is 1.57.